The normalized spacial score (nSPS) is 22.1. The monoisotopic (exact) mass is 279 g/mol. The number of nitrogens with zero attached hydrogens (tertiary/aromatic N) is 3. The second kappa shape index (κ2) is 5.75. The fraction of sp³-hybridized carbons (Fsp3) is 0.643. The minimum atomic E-state index is -0.463. The van der Waals surface area contributed by atoms with Gasteiger partial charge in [-0.15, -0.1) is 0 Å². The first-order valence-corrected chi connectivity index (χ1v) is 6.65. The average Bonchev–Trinajstić information content (AvgIpc) is 2.81. The van der Waals surface area contributed by atoms with Crippen molar-refractivity contribution < 1.29 is 14.3 Å². The minimum absolute atomic E-state index is 0.164. The maximum atomic E-state index is 11.8. The summed E-state index contributed by atoms with van der Waals surface area (Å²) >= 11 is 0. The molecular weight excluding hydrogens is 258 g/mol. The summed E-state index contributed by atoms with van der Waals surface area (Å²) in [6.07, 6.45) is 0.766. The Labute approximate surface area is 119 Å². The predicted octanol–water partition coefficient (Wildman–Crippen LogP) is 1.32. The Balaban J connectivity index is 2.19. The molecule has 20 heavy (non-hydrogen) atoms. The molecule has 2 rings (SSSR count). The topological polar surface area (TPSA) is 64.5 Å². The van der Waals surface area contributed by atoms with E-state index in [2.05, 4.69) is 14.9 Å². The highest BCUT2D eigenvalue weighted by Gasteiger charge is 2.41. The fourth-order valence-corrected chi connectivity index (χ4v) is 2.54. The molecule has 1 fully saturated rings. The average molecular weight is 279 g/mol. The Morgan fingerprint density at radius 1 is 1.45 bits per heavy atom. The number of esters is 1. The van der Waals surface area contributed by atoms with Crippen molar-refractivity contribution >= 4 is 11.8 Å². The van der Waals surface area contributed by atoms with Gasteiger partial charge in [0, 0.05) is 32.0 Å². The highest BCUT2D eigenvalue weighted by atomic mass is 16.5. The van der Waals surface area contributed by atoms with Gasteiger partial charge in [0.15, 0.2) is 5.82 Å². The number of hydrogen-bond acceptors (Lipinski definition) is 6. The zero-order chi connectivity index (χ0) is 14.8. The van der Waals surface area contributed by atoms with Crippen LogP contribution in [0.2, 0.25) is 0 Å². The van der Waals surface area contributed by atoms with Crippen molar-refractivity contribution in [2.45, 2.75) is 26.9 Å². The number of carbonyl (C=O) groups excluding carboxylic acids is 1. The van der Waals surface area contributed by atoms with Gasteiger partial charge in [0.25, 0.3) is 0 Å². The zero-order valence-corrected chi connectivity index (χ0v) is 12.5. The number of rotatable bonds is 4. The molecule has 0 N–H and O–H groups in total. The van der Waals surface area contributed by atoms with E-state index >= 15 is 0 Å². The molecule has 1 atom stereocenters. The fourth-order valence-electron chi connectivity index (χ4n) is 2.54. The third-order valence-corrected chi connectivity index (χ3v) is 3.64. The van der Waals surface area contributed by atoms with Gasteiger partial charge in [-0.05, 0) is 20.3 Å². The second-order valence-electron chi connectivity index (χ2n) is 5.44. The lowest BCUT2D eigenvalue weighted by atomic mass is 9.90. The minimum Gasteiger partial charge on any atom is -0.469 e. The van der Waals surface area contributed by atoms with Crippen molar-refractivity contribution in [2.24, 2.45) is 5.41 Å². The number of aromatic nitrogens is 2. The number of methoxy groups -OCH3 is 2. The molecule has 0 bridgehead atoms. The van der Waals surface area contributed by atoms with Crippen molar-refractivity contribution in [3.63, 3.8) is 0 Å². The molecule has 0 radical (unpaired) electrons. The molecule has 1 saturated heterocycles. The summed E-state index contributed by atoms with van der Waals surface area (Å²) in [6.45, 7) is 5.65. The smallest absolute Gasteiger partial charge is 0.313 e. The Morgan fingerprint density at radius 3 is 2.85 bits per heavy atom. The molecule has 1 aliphatic heterocycles. The Kier molecular flexibility index (Phi) is 4.23. The maximum Gasteiger partial charge on any atom is 0.313 e. The molecule has 1 aliphatic rings. The summed E-state index contributed by atoms with van der Waals surface area (Å²) in [5, 5.41) is 0. The van der Waals surface area contributed by atoms with Gasteiger partial charge in [-0.2, -0.15) is 0 Å². The Morgan fingerprint density at radius 2 is 2.20 bits per heavy atom. The molecule has 6 heteroatoms. The lowest BCUT2D eigenvalue weighted by Crippen LogP contribution is -2.33. The van der Waals surface area contributed by atoms with Crippen LogP contribution in [0.1, 0.15) is 24.9 Å². The van der Waals surface area contributed by atoms with Gasteiger partial charge >= 0.3 is 5.97 Å². The third kappa shape index (κ3) is 2.90. The molecular formula is C14H21N3O3. The van der Waals surface area contributed by atoms with Crippen LogP contribution in [0.4, 0.5) is 5.82 Å². The molecule has 2 heterocycles. The molecule has 1 unspecified atom stereocenters. The molecule has 0 saturated carbocycles. The van der Waals surface area contributed by atoms with E-state index in [-0.39, 0.29) is 5.97 Å². The molecule has 6 nitrogen and oxygen atoms in total. The summed E-state index contributed by atoms with van der Waals surface area (Å²) in [5.74, 6) is 1.34. The molecule has 1 aromatic heterocycles. The first kappa shape index (κ1) is 14.7. The first-order valence-electron chi connectivity index (χ1n) is 6.65. The van der Waals surface area contributed by atoms with Crippen LogP contribution in [0.5, 0.6) is 0 Å². The highest BCUT2D eigenvalue weighted by molar-refractivity contribution is 5.78. The SMILES string of the molecule is COCc1nc(C)cc(N2CCC(C)(C(=O)OC)C2)n1. The van der Waals surface area contributed by atoms with Gasteiger partial charge in [0.2, 0.25) is 0 Å². The van der Waals surface area contributed by atoms with Crippen LogP contribution in [0.15, 0.2) is 6.07 Å². The summed E-state index contributed by atoms with van der Waals surface area (Å²) in [5.41, 5.74) is 0.434. The van der Waals surface area contributed by atoms with E-state index in [4.69, 9.17) is 9.47 Å². The molecule has 1 aromatic rings. The van der Waals surface area contributed by atoms with Crippen molar-refractivity contribution in [1.82, 2.24) is 9.97 Å². The predicted molar refractivity (Wildman–Crippen MR) is 74.4 cm³/mol. The standard InChI is InChI=1S/C14H21N3O3/c1-10-7-12(16-11(15-10)8-19-3)17-6-5-14(2,9-17)13(18)20-4/h7H,5-6,8-9H2,1-4H3. The molecule has 0 spiro atoms. The lowest BCUT2D eigenvalue weighted by Gasteiger charge is -2.22. The van der Waals surface area contributed by atoms with Crippen molar-refractivity contribution in [1.29, 1.82) is 0 Å². The van der Waals surface area contributed by atoms with Gasteiger partial charge in [-0.3, -0.25) is 4.79 Å². The van der Waals surface area contributed by atoms with Crippen LogP contribution in [0.25, 0.3) is 0 Å². The van der Waals surface area contributed by atoms with Gasteiger partial charge < -0.3 is 14.4 Å². The van der Waals surface area contributed by atoms with E-state index in [0.717, 1.165) is 24.5 Å². The highest BCUT2D eigenvalue weighted by Crippen LogP contribution is 2.33. The van der Waals surface area contributed by atoms with E-state index in [0.29, 0.717) is 19.0 Å². The zero-order valence-electron chi connectivity index (χ0n) is 12.5. The van der Waals surface area contributed by atoms with Crippen molar-refractivity contribution in [2.75, 3.05) is 32.2 Å². The maximum absolute atomic E-state index is 11.8. The molecule has 0 amide bonds. The van der Waals surface area contributed by atoms with Crippen molar-refractivity contribution in [3.8, 4) is 0 Å². The van der Waals surface area contributed by atoms with Crippen LogP contribution in [0, 0.1) is 12.3 Å². The number of carbonyl (C=O) groups is 1. The van der Waals surface area contributed by atoms with Crippen molar-refractivity contribution in [3.05, 3.63) is 17.6 Å². The second-order valence-corrected chi connectivity index (χ2v) is 5.44. The summed E-state index contributed by atoms with van der Waals surface area (Å²) in [6, 6.07) is 1.93. The van der Waals surface area contributed by atoms with Crippen LogP contribution >= 0.6 is 0 Å². The van der Waals surface area contributed by atoms with E-state index in [1.807, 2.05) is 19.9 Å². The molecule has 0 aliphatic carbocycles. The van der Waals surface area contributed by atoms with E-state index in [9.17, 15) is 4.79 Å². The number of aryl methyl sites for hydroxylation is 1. The van der Waals surface area contributed by atoms with Crippen LogP contribution < -0.4 is 4.90 Å². The third-order valence-electron chi connectivity index (χ3n) is 3.64. The summed E-state index contributed by atoms with van der Waals surface area (Å²) in [7, 11) is 3.05. The number of anilines is 1. The van der Waals surface area contributed by atoms with E-state index in [1.54, 1.807) is 7.11 Å². The Hall–Kier alpha value is -1.69. The largest absolute Gasteiger partial charge is 0.469 e. The Bertz CT molecular complexity index is 506. The molecule has 0 aromatic carbocycles. The van der Waals surface area contributed by atoms with E-state index < -0.39 is 5.41 Å². The lowest BCUT2D eigenvalue weighted by molar-refractivity contribution is -0.150. The number of hydrogen-bond donors (Lipinski definition) is 0. The van der Waals surface area contributed by atoms with Gasteiger partial charge in [-0.25, -0.2) is 9.97 Å². The first-order chi connectivity index (χ1) is 9.48. The quantitative estimate of drug-likeness (QED) is 0.775. The van der Waals surface area contributed by atoms with Crippen LogP contribution in [0.3, 0.4) is 0 Å². The van der Waals surface area contributed by atoms with E-state index in [1.165, 1.54) is 7.11 Å². The molecule has 110 valence electrons. The summed E-state index contributed by atoms with van der Waals surface area (Å²) < 4.78 is 9.97. The van der Waals surface area contributed by atoms with Crippen LogP contribution in [-0.4, -0.2) is 43.2 Å². The van der Waals surface area contributed by atoms with Crippen LogP contribution in [-0.2, 0) is 20.9 Å². The number of ether oxygens (including phenoxy) is 2. The van der Waals surface area contributed by atoms with Gasteiger partial charge in [0.1, 0.15) is 12.4 Å². The summed E-state index contributed by atoms with van der Waals surface area (Å²) in [4.78, 5) is 22.8. The van der Waals surface area contributed by atoms with Gasteiger partial charge in [0.05, 0.1) is 12.5 Å². The van der Waals surface area contributed by atoms with Gasteiger partial charge in [-0.1, -0.05) is 0 Å².